The minimum absolute atomic E-state index is 0.0401. The topological polar surface area (TPSA) is 108 Å². The molecule has 2 saturated heterocycles. The summed E-state index contributed by atoms with van der Waals surface area (Å²) >= 11 is 0. The van der Waals surface area contributed by atoms with Crippen molar-refractivity contribution in [3.05, 3.63) is 40.3 Å². The number of nitrogens with zero attached hydrogens (tertiary/aromatic N) is 4. The van der Waals surface area contributed by atoms with Crippen LogP contribution in [0.4, 0.5) is 0 Å². The summed E-state index contributed by atoms with van der Waals surface area (Å²) < 4.78 is 1.89. The summed E-state index contributed by atoms with van der Waals surface area (Å²) in [5.41, 5.74) is 1.30. The maximum atomic E-state index is 13.9. The standard InChI is InChI=1S/C29H38N4O4/c34-27(35)12-11-25(31-37)28-29(36)33(26-10-2-1-9-24(26)30-28)23-16-20-7-4-8-21(17-23)32(20)22-14-18-5-3-6-19(13-18)15-22/h1-2,9-10,18-23,37H,3-8,11-17H2,(H,34,35)/b31-25+/t18-,19?,20-,21+,22+,23+/m1/s1. The first-order valence-corrected chi connectivity index (χ1v) is 14.2. The number of piperidine rings is 2. The fourth-order valence-electron chi connectivity index (χ4n) is 8.28. The summed E-state index contributed by atoms with van der Waals surface area (Å²) in [4.78, 5) is 32.5. The SMILES string of the molecule is O=C(O)CC/C(=N\O)c1nc2ccccc2n([C@H]2C[C@H]3CCC[C@@H](C2)N3[C@@H]2CC3CCC[C@H](C3)C2)c1=O. The number of aromatic nitrogens is 2. The Morgan fingerprint density at radius 1 is 0.892 bits per heavy atom. The summed E-state index contributed by atoms with van der Waals surface area (Å²) in [7, 11) is 0. The average molecular weight is 507 g/mol. The Balaban J connectivity index is 1.34. The summed E-state index contributed by atoms with van der Waals surface area (Å²) in [6, 6.07) is 9.35. The fraction of sp³-hybridized carbons (Fsp3) is 0.655. The van der Waals surface area contributed by atoms with Gasteiger partial charge in [-0.1, -0.05) is 43.0 Å². The first kappa shape index (κ1) is 24.6. The number of aliphatic carboxylic acids is 1. The zero-order chi connectivity index (χ0) is 25.5. The second kappa shape index (κ2) is 10.2. The van der Waals surface area contributed by atoms with Gasteiger partial charge in [0, 0.05) is 30.6 Å². The number of para-hydroxylation sites is 2. The van der Waals surface area contributed by atoms with Crippen LogP contribution in [0.15, 0.2) is 34.2 Å². The van der Waals surface area contributed by atoms with Gasteiger partial charge < -0.3 is 14.9 Å². The molecule has 4 fully saturated rings. The minimum atomic E-state index is -1.01. The monoisotopic (exact) mass is 506 g/mol. The molecule has 1 unspecified atom stereocenters. The van der Waals surface area contributed by atoms with Crippen molar-refractivity contribution in [3.8, 4) is 0 Å². The van der Waals surface area contributed by atoms with Gasteiger partial charge in [-0.15, -0.1) is 0 Å². The van der Waals surface area contributed by atoms with Crippen LogP contribution in [0.5, 0.6) is 0 Å². The highest BCUT2D eigenvalue weighted by atomic mass is 16.4. The van der Waals surface area contributed by atoms with Gasteiger partial charge in [0.2, 0.25) is 0 Å². The fourth-order valence-corrected chi connectivity index (χ4v) is 8.28. The summed E-state index contributed by atoms with van der Waals surface area (Å²) in [5, 5.41) is 22.1. The van der Waals surface area contributed by atoms with Gasteiger partial charge in [0.05, 0.1) is 17.5 Å². The largest absolute Gasteiger partial charge is 0.481 e. The molecule has 2 aromatic rings. The average Bonchev–Trinajstić information content (AvgIpc) is 2.88. The lowest BCUT2D eigenvalue weighted by molar-refractivity contribution is -0.136. The number of oxime groups is 1. The van der Waals surface area contributed by atoms with Crippen LogP contribution < -0.4 is 5.56 Å². The van der Waals surface area contributed by atoms with E-state index in [9.17, 15) is 14.8 Å². The molecule has 0 spiro atoms. The van der Waals surface area contributed by atoms with E-state index < -0.39 is 5.97 Å². The van der Waals surface area contributed by atoms with E-state index in [1.54, 1.807) is 0 Å². The molecule has 6 atom stereocenters. The molecule has 2 aliphatic carbocycles. The molecule has 4 bridgehead atoms. The molecule has 3 heterocycles. The molecule has 8 heteroatoms. The van der Waals surface area contributed by atoms with E-state index >= 15 is 0 Å². The highest BCUT2D eigenvalue weighted by molar-refractivity contribution is 6.00. The van der Waals surface area contributed by atoms with E-state index in [1.165, 1.54) is 57.8 Å². The Bertz CT molecular complexity index is 1230. The molecular formula is C29H38N4O4. The van der Waals surface area contributed by atoms with Crippen molar-refractivity contribution in [2.45, 2.75) is 108 Å². The molecule has 0 amide bonds. The highest BCUT2D eigenvalue weighted by Gasteiger charge is 2.45. The van der Waals surface area contributed by atoms with Crippen molar-refractivity contribution in [1.29, 1.82) is 0 Å². The number of hydrogen-bond donors (Lipinski definition) is 2. The van der Waals surface area contributed by atoms with Crippen LogP contribution in [0, 0.1) is 11.8 Å². The summed E-state index contributed by atoms with van der Waals surface area (Å²) in [6.07, 6.45) is 13.6. The Morgan fingerprint density at radius 3 is 2.24 bits per heavy atom. The smallest absolute Gasteiger partial charge is 0.303 e. The Hall–Kier alpha value is -2.74. The molecule has 2 saturated carbocycles. The van der Waals surface area contributed by atoms with Crippen LogP contribution >= 0.6 is 0 Å². The lowest BCUT2D eigenvalue weighted by Crippen LogP contribution is -2.58. The second-order valence-corrected chi connectivity index (χ2v) is 11.9. The van der Waals surface area contributed by atoms with Gasteiger partial charge in [0.1, 0.15) is 5.71 Å². The third kappa shape index (κ3) is 4.69. The zero-order valence-electron chi connectivity index (χ0n) is 21.5. The normalized spacial score (nSPS) is 32.4. The maximum Gasteiger partial charge on any atom is 0.303 e. The molecule has 4 aliphatic rings. The van der Waals surface area contributed by atoms with Crippen LogP contribution in [0.1, 0.15) is 95.2 Å². The van der Waals surface area contributed by atoms with E-state index in [0.717, 1.165) is 30.2 Å². The molecule has 2 aliphatic heterocycles. The van der Waals surface area contributed by atoms with Gasteiger partial charge in [0.15, 0.2) is 5.69 Å². The van der Waals surface area contributed by atoms with Crippen molar-refractivity contribution in [2.24, 2.45) is 17.0 Å². The van der Waals surface area contributed by atoms with Gasteiger partial charge in [-0.05, 0) is 68.9 Å². The summed E-state index contributed by atoms with van der Waals surface area (Å²) in [5.74, 6) is 0.786. The predicted octanol–water partition coefficient (Wildman–Crippen LogP) is 4.97. The highest BCUT2D eigenvalue weighted by Crippen LogP contribution is 2.47. The Morgan fingerprint density at radius 2 is 1.57 bits per heavy atom. The molecule has 1 aromatic carbocycles. The number of carbonyl (C=O) groups is 1. The molecule has 2 N–H and O–H groups in total. The van der Waals surface area contributed by atoms with Crippen molar-refractivity contribution in [2.75, 3.05) is 0 Å². The van der Waals surface area contributed by atoms with Gasteiger partial charge in [-0.25, -0.2) is 4.98 Å². The number of carboxylic acid groups (broad SMARTS) is 1. The van der Waals surface area contributed by atoms with Gasteiger partial charge in [0.25, 0.3) is 5.56 Å². The predicted molar refractivity (Wildman–Crippen MR) is 141 cm³/mol. The van der Waals surface area contributed by atoms with Crippen LogP contribution in [0.25, 0.3) is 11.0 Å². The molecular weight excluding hydrogens is 468 g/mol. The lowest BCUT2D eigenvalue weighted by Gasteiger charge is -2.55. The molecule has 0 radical (unpaired) electrons. The summed E-state index contributed by atoms with van der Waals surface area (Å²) in [6.45, 7) is 0. The van der Waals surface area contributed by atoms with E-state index in [2.05, 4.69) is 15.0 Å². The van der Waals surface area contributed by atoms with E-state index in [1.807, 2.05) is 28.8 Å². The van der Waals surface area contributed by atoms with Crippen LogP contribution in [-0.4, -0.2) is 54.6 Å². The van der Waals surface area contributed by atoms with E-state index in [-0.39, 0.29) is 35.8 Å². The van der Waals surface area contributed by atoms with Crippen LogP contribution in [0.2, 0.25) is 0 Å². The van der Waals surface area contributed by atoms with E-state index in [0.29, 0.717) is 23.6 Å². The van der Waals surface area contributed by atoms with Gasteiger partial charge in [-0.3, -0.25) is 14.5 Å². The number of rotatable bonds is 6. The van der Waals surface area contributed by atoms with Gasteiger partial charge >= 0.3 is 5.97 Å². The Kier molecular flexibility index (Phi) is 6.78. The number of benzene rings is 1. The maximum absolute atomic E-state index is 13.9. The number of hydrogen-bond acceptors (Lipinski definition) is 6. The second-order valence-electron chi connectivity index (χ2n) is 11.9. The van der Waals surface area contributed by atoms with Crippen LogP contribution in [-0.2, 0) is 4.79 Å². The number of fused-ring (bicyclic) bond motifs is 5. The van der Waals surface area contributed by atoms with Crippen molar-refractivity contribution in [3.63, 3.8) is 0 Å². The molecule has 8 nitrogen and oxygen atoms in total. The molecule has 198 valence electrons. The minimum Gasteiger partial charge on any atom is -0.481 e. The van der Waals surface area contributed by atoms with Crippen molar-refractivity contribution < 1.29 is 15.1 Å². The molecule has 37 heavy (non-hydrogen) atoms. The lowest BCUT2D eigenvalue weighted by atomic mass is 9.68. The van der Waals surface area contributed by atoms with Crippen LogP contribution in [0.3, 0.4) is 0 Å². The zero-order valence-corrected chi connectivity index (χ0v) is 21.5. The first-order chi connectivity index (χ1) is 18.0. The van der Waals surface area contributed by atoms with Crippen molar-refractivity contribution >= 4 is 22.7 Å². The third-order valence-electron chi connectivity index (χ3n) is 9.66. The third-order valence-corrected chi connectivity index (χ3v) is 9.66. The quantitative estimate of drug-likeness (QED) is 0.325. The molecule has 6 rings (SSSR count). The first-order valence-electron chi connectivity index (χ1n) is 14.2. The van der Waals surface area contributed by atoms with Gasteiger partial charge in [-0.2, -0.15) is 0 Å². The number of carboxylic acids is 1. The van der Waals surface area contributed by atoms with E-state index in [4.69, 9.17) is 5.11 Å². The molecule has 1 aromatic heterocycles. The Labute approximate surface area is 217 Å². The van der Waals surface area contributed by atoms with Crippen molar-refractivity contribution in [1.82, 2.24) is 14.5 Å².